The molecule has 0 aliphatic heterocycles. The summed E-state index contributed by atoms with van der Waals surface area (Å²) in [4.78, 5) is 5.12. The summed E-state index contributed by atoms with van der Waals surface area (Å²) < 4.78 is 5.39. The predicted molar refractivity (Wildman–Crippen MR) is 75.3 cm³/mol. The lowest BCUT2D eigenvalue weighted by molar-refractivity contribution is 0.763. The Hall–Kier alpha value is -2.21. The van der Waals surface area contributed by atoms with Crippen molar-refractivity contribution < 1.29 is 0 Å². The molecule has 3 aromatic heterocycles. The summed E-state index contributed by atoms with van der Waals surface area (Å²) in [7, 11) is 0. The van der Waals surface area contributed by atoms with Gasteiger partial charge in [-0.05, 0) is 19.1 Å². The molecule has 0 amide bonds. The van der Waals surface area contributed by atoms with Gasteiger partial charge in [-0.15, -0.1) is 10.2 Å². The molecule has 4 rings (SSSR count). The third kappa shape index (κ3) is 1.43. The van der Waals surface area contributed by atoms with Crippen LogP contribution in [0.1, 0.15) is 6.92 Å². The predicted octanol–water partition coefficient (Wildman–Crippen LogP) is 2.83. The van der Waals surface area contributed by atoms with E-state index >= 15 is 0 Å². The largest absolute Gasteiger partial charge is 0.328 e. The Morgan fingerprint density at radius 1 is 1.21 bits per heavy atom. The summed E-state index contributed by atoms with van der Waals surface area (Å²) in [6.45, 7) is 2.96. The maximum atomic E-state index is 4.32. The first-order valence-corrected chi connectivity index (χ1v) is 6.93. The van der Waals surface area contributed by atoms with Crippen molar-refractivity contribution in [3.05, 3.63) is 36.8 Å². The molecule has 0 spiro atoms. The van der Waals surface area contributed by atoms with Gasteiger partial charge in [0, 0.05) is 6.54 Å². The second-order valence-electron chi connectivity index (χ2n) is 4.28. The Kier molecular flexibility index (Phi) is 2.19. The molecule has 0 N–H and O–H groups in total. The third-order valence-electron chi connectivity index (χ3n) is 3.22. The van der Waals surface area contributed by atoms with Crippen LogP contribution in [-0.4, -0.2) is 24.1 Å². The van der Waals surface area contributed by atoms with Crippen LogP contribution in [-0.2, 0) is 6.54 Å². The Morgan fingerprint density at radius 3 is 3.00 bits per heavy atom. The van der Waals surface area contributed by atoms with Crippen LogP contribution >= 0.6 is 11.3 Å². The molecule has 94 valence electrons. The van der Waals surface area contributed by atoms with Gasteiger partial charge >= 0.3 is 0 Å². The standard InChI is InChI=1S/C13H11N5S/c1-2-17-8-14-7-10(17)12-15-16-13-18(12)9-5-3-4-6-11(9)19-13/h3-8H,2H2,1H3. The molecular weight excluding hydrogens is 258 g/mol. The van der Waals surface area contributed by atoms with Crippen LogP contribution in [0, 0.1) is 0 Å². The van der Waals surface area contributed by atoms with Crippen molar-refractivity contribution in [1.29, 1.82) is 0 Å². The van der Waals surface area contributed by atoms with Gasteiger partial charge in [0.15, 0.2) is 5.82 Å². The molecule has 0 aliphatic carbocycles. The van der Waals surface area contributed by atoms with Gasteiger partial charge in [-0.3, -0.25) is 4.40 Å². The molecule has 0 unspecified atom stereocenters. The van der Waals surface area contributed by atoms with E-state index in [9.17, 15) is 0 Å². The Morgan fingerprint density at radius 2 is 2.11 bits per heavy atom. The number of hydrogen-bond acceptors (Lipinski definition) is 4. The zero-order chi connectivity index (χ0) is 12.8. The average molecular weight is 269 g/mol. The van der Waals surface area contributed by atoms with Gasteiger partial charge < -0.3 is 4.57 Å². The van der Waals surface area contributed by atoms with E-state index in [1.807, 2.05) is 24.7 Å². The lowest BCUT2D eigenvalue weighted by atomic mass is 10.3. The Balaban J connectivity index is 2.10. The van der Waals surface area contributed by atoms with E-state index in [2.05, 4.69) is 43.2 Å². The zero-order valence-electron chi connectivity index (χ0n) is 10.3. The fourth-order valence-corrected chi connectivity index (χ4v) is 3.27. The summed E-state index contributed by atoms with van der Waals surface area (Å²) in [5.74, 6) is 0.854. The van der Waals surface area contributed by atoms with Crippen molar-refractivity contribution in [1.82, 2.24) is 24.1 Å². The van der Waals surface area contributed by atoms with Crippen molar-refractivity contribution in [2.75, 3.05) is 0 Å². The van der Waals surface area contributed by atoms with Crippen LogP contribution in [0.4, 0.5) is 0 Å². The van der Waals surface area contributed by atoms with Gasteiger partial charge in [-0.25, -0.2) is 4.98 Å². The number of fused-ring (bicyclic) bond motifs is 3. The van der Waals surface area contributed by atoms with Crippen LogP contribution in [0.25, 0.3) is 26.7 Å². The maximum Gasteiger partial charge on any atom is 0.217 e. The molecule has 0 radical (unpaired) electrons. The topological polar surface area (TPSA) is 48.0 Å². The number of imidazole rings is 1. The fourth-order valence-electron chi connectivity index (χ4n) is 2.30. The monoisotopic (exact) mass is 269 g/mol. The van der Waals surface area contributed by atoms with E-state index in [0.29, 0.717) is 0 Å². The number of hydrogen-bond donors (Lipinski definition) is 0. The van der Waals surface area contributed by atoms with Crippen LogP contribution in [0.5, 0.6) is 0 Å². The number of aromatic nitrogens is 5. The van der Waals surface area contributed by atoms with Gasteiger partial charge in [0.1, 0.15) is 5.69 Å². The van der Waals surface area contributed by atoms with Crippen LogP contribution < -0.4 is 0 Å². The molecule has 6 heteroatoms. The van der Waals surface area contributed by atoms with Crippen molar-refractivity contribution in [2.24, 2.45) is 0 Å². The summed E-state index contributed by atoms with van der Waals surface area (Å²) in [5.41, 5.74) is 2.14. The smallest absolute Gasteiger partial charge is 0.217 e. The molecule has 0 bridgehead atoms. The van der Waals surface area contributed by atoms with Gasteiger partial charge in [-0.2, -0.15) is 0 Å². The van der Waals surface area contributed by atoms with E-state index in [4.69, 9.17) is 0 Å². The number of thiazole rings is 1. The molecular formula is C13H11N5S. The number of para-hydroxylation sites is 1. The lowest BCUT2D eigenvalue weighted by Crippen LogP contribution is -1.98. The summed E-state index contributed by atoms with van der Waals surface area (Å²) >= 11 is 1.65. The van der Waals surface area contributed by atoms with E-state index < -0.39 is 0 Å². The highest BCUT2D eigenvalue weighted by molar-refractivity contribution is 7.23. The van der Waals surface area contributed by atoms with E-state index in [1.54, 1.807) is 11.3 Å². The molecule has 0 saturated carbocycles. The first-order chi connectivity index (χ1) is 9.38. The molecule has 0 atom stereocenters. The van der Waals surface area contributed by atoms with Crippen LogP contribution in [0.15, 0.2) is 36.8 Å². The van der Waals surface area contributed by atoms with Crippen molar-refractivity contribution in [2.45, 2.75) is 13.5 Å². The summed E-state index contributed by atoms with van der Waals surface area (Å²) in [6.07, 6.45) is 3.66. The molecule has 3 heterocycles. The molecule has 5 nitrogen and oxygen atoms in total. The normalized spacial score (nSPS) is 11.6. The van der Waals surface area contributed by atoms with Gasteiger partial charge in [0.05, 0.1) is 22.7 Å². The second-order valence-corrected chi connectivity index (χ2v) is 5.29. The number of nitrogens with zero attached hydrogens (tertiary/aromatic N) is 5. The van der Waals surface area contributed by atoms with E-state index in [-0.39, 0.29) is 0 Å². The minimum atomic E-state index is 0.854. The molecule has 0 fully saturated rings. The lowest BCUT2D eigenvalue weighted by Gasteiger charge is -2.02. The molecule has 0 saturated heterocycles. The quantitative estimate of drug-likeness (QED) is 0.562. The molecule has 0 aliphatic rings. The van der Waals surface area contributed by atoms with Gasteiger partial charge in [-0.1, -0.05) is 23.5 Å². The highest BCUT2D eigenvalue weighted by Crippen LogP contribution is 2.29. The minimum absolute atomic E-state index is 0.854. The highest BCUT2D eigenvalue weighted by atomic mass is 32.1. The number of rotatable bonds is 2. The van der Waals surface area contributed by atoms with E-state index in [0.717, 1.165) is 28.5 Å². The fraction of sp³-hybridized carbons (Fsp3) is 0.154. The van der Waals surface area contributed by atoms with Crippen LogP contribution in [0.3, 0.4) is 0 Å². The van der Waals surface area contributed by atoms with Gasteiger partial charge in [0.25, 0.3) is 0 Å². The van der Waals surface area contributed by atoms with Crippen molar-refractivity contribution in [3.63, 3.8) is 0 Å². The van der Waals surface area contributed by atoms with Crippen molar-refractivity contribution in [3.8, 4) is 11.5 Å². The summed E-state index contributed by atoms with van der Waals surface area (Å²) in [5, 5.41) is 8.60. The van der Waals surface area contributed by atoms with Crippen molar-refractivity contribution >= 4 is 26.5 Å². The SMILES string of the molecule is CCn1cncc1-c1nnc2sc3ccccc3n12. The van der Waals surface area contributed by atoms with Crippen LogP contribution in [0.2, 0.25) is 0 Å². The van der Waals surface area contributed by atoms with E-state index in [1.165, 1.54) is 4.70 Å². The number of aryl methyl sites for hydroxylation is 1. The minimum Gasteiger partial charge on any atom is -0.328 e. The summed E-state index contributed by atoms with van der Waals surface area (Å²) in [6, 6.07) is 8.28. The number of benzene rings is 1. The molecule has 19 heavy (non-hydrogen) atoms. The zero-order valence-corrected chi connectivity index (χ0v) is 11.1. The molecule has 4 aromatic rings. The average Bonchev–Trinajstić information content (AvgIpc) is 3.12. The Bertz CT molecular complexity index is 869. The third-order valence-corrected chi connectivity index (χ3v) is 4.23. The maximum absolute atomic E-state index is 4.32. The highest BCUT2D eigenvalue weighted by Gasteiger charge is 2.16. The Labute approximate surface area is 113 Å². The second kappa shape index (κ2) is 3.89. The van der Waals surface area contributed by atoms with Gasteiger partial charge in [0.2, 0.25) is 4.96 Å². The molecule has 1 aromatic carbocycles. The first-order valence-electron chi connectivity index (χ1n) is 6.11. The first kappa shape index (κ1) is 10.7.